The first-order chi connectivity index (χ1) is 8.58. The van der Waals surface area contributed by atoms with E-state index in [2.05, 4.69) is 15.3 Å². The van der Waals surface area contributed by atoms with Crippen LogP contribution in [0.2, 0.25) is 5.15 Å². The number of nitrogens with one attached hydrogen (secondary N) is 1. The topological polar surface area (TPSA) is 51.0 Å². The van der Waals surface area contributed by atoms with Crippen LogP contribution in [0.15, 0.2) is 27.8 Å². The van der Waals surface area contributed by atoms with Crippen LogP contribution < -0.4 is 5.32 Å². The number of nitrogens with zero attached hydrogens (tertiary/aromatic N) is 2. The minimum absolute atomic E-state index is 0.0272. The Kier molecular flexibility index (Phi) is 4.14. The minimum Gasteiger partial charge on any atom is -0.464 e. The third-order valence-electron chi connectivity index (χ3n) is 2.41. The quantitative estimate of drug-likeness (QED) is 0.523. The molecule has 1 atom stereocenters. The van der Waals surface area contributed by atoms with Gasteiger partial charge in [0.2, 0.25) is 0 Å². The fourth-order valence-electron chi connectivity index (χ4n) is 1.54. The van der Waals surface area contributed by atoms with Gasteiger partial charge in [0.15, 0.2) is 5.16 Å². The fourth-order valence-corrected chi connectivity index (χ4v) is 2.15. The monoisotopic (exact) mass is 283 g/mol. The molecule has 0 aliphatic rings. The second-order valence-electron chi connectivity index (χ2n) is 3.88. The molecule has 0 amide bonds. The highest BCUT2D eigenvalue weighted by Crippen LogP contribution is 2.23. The predicted molar refractivity (Wildman–Crippen MR) is 74.3 cm³/mol. The zero-order valence-electron chi connectivity index (χ0n) is 10.4. The first-order valence-electron chi connectivity index (χ1n) is 5.50. The summed E-state index contributed by atoms with van der Waals surface area (Å²) in [6.07, 6.45) is 1.91. The van der Waals surface area contributed by atoms with E-state index in [1.54, 1.807) is 6.07 Å². The molecule has 0 bridgehead atoms. The molecule has 0 aromatic carbocycles. The highest BCUT2D eigenvalue weighted by Gasteiger charge is 2.11. The number of thioether (sulfide) groups is 1. The van der Waals surface area contributed by atoms with Crippen molar-refractivity contribution in [2.24, 2.45) is 0 Å². The molecule has 4 nitrogen and oxygen atoms in total. The second-order valence-corrected chi connectivity index (χ2v) is 5.04. The van der Waals surface area contributed by atoms with Crippen molar-refractivity contribution in [3.05, 3.63) is 34.9 Å². The Hall–Kier alpha value is -1.20. The van der Waals surface area contributed by atoms with Gasteiger partial charge in [-0.3, -0.25) is 0 Å². The number of rotatable bonds is 4. The van der Waals surface area contributed by atoms with E-state index in [-0.39, 0.29) is 6.04 Å². The molecule has 1 unspecified atom stereocenters. The maximum absolute atomic E-state index is 5.93. The first kappa shape index (κ1) is 13.2. The normalized spacial score (nSPS) is 12.4. The predicted octanol–water partition coefficient (Wildman–Crippen LogP) is 3.93. The van der Waals surface area contributed by atoms with Crippen LogP contribution in [-0.2, 0) is 0 Å². The van der Waals surface area contributed by atoms with Crippen LogP contribution >= 0.6 is 23.4 Å². The number of hydrogen-bond acceptors (Lipinski definition) is 5. The van der Waals surface area contributed by atoms with Crippen LogP contribution in [-0.4, -0.2) is 16.2 Å². The standard InChI is InChI=1S/C12H14ClN3OS/c1-7-4-5-9(17-7)8(2)14-11-6-10(13)15-12(16-11)18-3/h4-6,8H,1-3H3,(H,14,15,16). The molecular formula is C12H14ClN3OS. The molecule has 0 radical (unpaired) electrons. The Bertz CT molecular complexity index is 544. The lowest BCUT2D eigenvalue weighted by molar-refractivity contribution is 0.466. The van der Waals surface area contributed by atoms with E-state index >= 15 is 0 Å². The highest BCUT2D eigenvalue weighted by molar-refractivity contribution is 7.98. The molecule has 0 fully saturated rings. The molecule has 96 valence electrons. The van der Waals surface area contributed by atoms with Crippen LogP contribution in [0.5, 0.6) is 0 Å². The van der Waals surface area contributed by atoms with E-state index in [1.165, 1.54) is 11.8 Å². The summed E-state index contributed by atoms with van der Waals surface area (Å²) in [6.45, 7) is 3.93. The maximum atomic E-state index is 5.93. The van der Waals surface area contributed by atoms with Crippen molar-refractivity contribution in [1.29, 1.82) is 0 Å². The van der Waals surface area contributed by atoms with Crippen LogP contribution in [0.25, 0.3) is 0 Å². The van der Waals surface area contributed by atoms with Gasteiger partial charge in [-0.15, -0.1) is 0 Å². The van der Waals surface area contributed by atoms with E-state index in [0.29, 0.717) is 16.1 Å². The molecule has 0 aliphatic heterocycles. The van der Waals surface area contributed by atoms with Gasteiger partial charge in [-0.2, -0.15) is 0 Å². The molecule has 2 rings (SSSR count). The van der Waals surface area contributed by atoms with E-state index in [1.807, 2.05) is 32.2 Å². The van der Waals surface area contributed by atoms with E-state index in [0.717, 1.165) is 11.5 Å². The zero-order chi connectivity index (χ0) is 13.1. The molecule has 0 saturated carbocycles. The summed E-state index contributed by atoms with van der Waals surface area (Å²) in [5.74, 6) is 2.46. The lowest BCUT2D eigenvalue weighted by Gasteiger charge is -2.12. The molecule has 2 aromatic rings. The van der Waals surface area contributed by atoms with Crippen molar-refractivity contribution in [3.63, 3.8) is 0 Å². The molecule has 6 heteroatoms. The van der Waals surface area contributed by atoms with Gasteiger partial charge >= 0.3 is 0 Å². The Morgan fingerprint density at radius 3 is 2.78 bits per heavy atom. The lowest BCUT2D eigenvalue weighted by atomic mass is 10.2. The number of aryl methyl sites for hydroxylation is 1. The molecule has 18 heavy (non-hydrogen) atoms. The molecule has 1 N–H and O–H groups in total. The van der Waals surface area contributed by atoms with Crippen molar-refractivity contribution >= 4 is 29.2 Å². The van der Waals surface area contributed by atoms with E-state index in [4.69, 9.17) is 16.0 Å². The summed E-state index contributed by atoms with van der Waals surface area (Å²) in [4.78, 5) is 8.43. The van der Waals surface area contributed by atoms with Crippen molar-refractivity contribution in [2.45, 2.75) is 25.0 Å². The number of halogens is 1. The van der Waals surface area contributed by atoms with Crippen LogP contribution in [0.4, 0.5) is 5.82 Å². The van der Waals surface area contributed by atoms with Gasteiger partial charge in [-0.05, 0) is 32.2 Å². The Morgan fingerprint density at radius 2 is 2.17 bits per heavy atom. The van der Waals surface area contributed by atoms with Crippen LogP contribution in [0, 0.1) is 6.92 Å². The van der Waals surface area contributed by atoms with Gasteiger partial charge in [-0.1, -0.05) is 23.4 Å². The number of furan rings is 1. The van der Waals surface area contributed by atoms with E-state index in [9.17, 15) is 0 Å². The van der Waals surface area contributed by atoms with Gasteiger partial charge in [-0.25, -0.2) is 9.97 Å². The first-order valence-corrected chi connectivity index (χ1v) is 7.10. The Labute approximate surface area is 115 Å². The molecular weight excluding hydrogens is 270 g/mol. The van der Waals surface area contributed by atoms with Gasteiger partial charge in [0, 0.05) is 6.07 Å². The van der Waals surface area contributed by atoms with Crippen molar-refractivity contribution in [2.75, 3.05) is 11.6 Å². The summed E-state index contributed by atoms with van der Waals surface area (Å²) in [7, 11) is 0. The smallest absolute Gasteiger partial charge is 0.190 e. The summed E-state index contributed by atoms with van der Waals surface area (Å²) in [5.41, 5.74) is 0. The van der Waals surface area contributed by atoms with Crippen molar-refractivity contribution in [1.82, 2.24) is 9.97 Å². The van der Waals surface area contributed by atoms with Gasteiger partial charge in [0.05, 0.1) is 6.04 Å². The molecule has 0 aliphatic carbocycles. The fraction of sp³-hybridized carbons (Fsp3) is 0.333. The minimum atomic E-state index is 0.0272. The van der Waals surface area contributed by atoms with Crippen LogP contribution in [0.1, 0.15) is 24.5 Å². The summed E-state index contributed by atoms with van der Waals surface area (Å²) < 4.78 is 5.56. The summed E-state index contributed by atoms with van der Waals surface area (Å²) >= 11 is 7.39. The van der Waals surface area contributed by atoms with Gasteiger partial charge in [0.1, 0.15) is 22.5 Å². The van der Waals surface area contributed by atoms with Crippen molar-refractivity contribution in [3.8, 4) is 0 Å². The average Bonchev–Trinajstić information content (AvgIpc) is 2.75. The third kappa shape index (κ3) is 3.17. The largest absolute Gasteiger partial charge is 0.464 e. The maximum Gasteiger partial charge on any atom is 0.190 e. The number of hydrogen-bond donors (Lipinski definition) is 1. The third-order valence-corrected chi connectivity index (χ3v) is 3.15. The molecule has 0 saturated heterocycles. The van der Waals surface area contributed by atoms with Gasteiger partial charge < -0.3 is 9.73 Å². The van der Waals surface area contributed by atoms with Crippen LogP contribution in [0.3, 0.4) is 0 Å². The molecule has 2 heterocycles. The lowest BCUT2D eigenvalue weighted by Crippen LogP contribution is -2.07. The average molecular weight is 284 g/mol. The summed E-state index contributed by atoms with van der Waals surface area (Å²) in [6, 6.07) is 5.62. The highest BCUT2D eigenvalue weighted by atomic mass is 35.5. The van der Waals surface area contributed by atoms with Gasteiger partial charge in [0.25, 0.3) is 0 Å². The van der Waals surface area contributed by atoms with Crippen molar-refractivity contribution < 1.29 is 4.42 Å². The van der Waals surface area contributed by atoms with E-state index < -0.39 is 0 Å². The second kappa shape index (κ2) is 5.63. The number of anilines is 1. The zero-order valence-corrected chi connectivity index (χ0v) is 12.0. The molecule has 0 spiro atoms. The molecule has 2 aromatic heterocycles. The number of aromatic nitrogens is 2. The Morgan fingerprint density at radius 1 is 1.39 bits per heavy atom. The SMILES string of the molecule is CSc1nc(Cl)cc(NC(C)c2ccc(C)o2)n1. The summed E-state index contributed by atoms with van der Waals surface area (Å²) in [5, 5.41) is 4.32. The Balaban J connectivity index is 2.16.